The number of benzene rings is 2. The normalized spacial score (nSPS) is 15.1. The number of hydrogen-bond donors (Lipinski definition) is 4. The fraction of sp³-hybridized carbons (Fsp3) is 0.346. The van der Waals surface area contributed by atoms with Crippen molar-refractivity contribution in [1.29, 1.82) is 0 Å². The van der Waals surface area contributed by atoms with Gasteiger partial charge in [-0.05, 0) is 133 Å². The highest BCUT2D eigenvalue weighted by Crippen LogP contribution is 2.32. The van der Waals surface area contributed by atoms with E-state index in [0.29, 0.717) is 36.1 Å². The first-order valence-corrected chi connectivity index (χ1v) is 21.6. The van der Waals surface area contributed by atoms with Crippen molar-refractivity contribution in [3.8, 4) is 71.0 Å². The number of halogens is 2. The smallest absolute Gasteiger partial charge is 0.407 e. The first kappa shape index (κ1) is 52.9. The molecule has 0 saturated carbocycles. The lowest BCUT2D eigenvalue weighted by Gasteiger charge is -2.29. The predicted octanol–water partition coefficient (Wildman–Crippen LogP) is 6.27. The van der Waals surface area contributed by atoms with Crippen LogP contribution in [-0.4, -0.2) is 93.1 Å². The number of rotatable bonds is 8. The van der Waals surface area contributed by atoms with E-state index in [-0.39, 0.29) is 60.5 Å². The summed E-state index contributed by atoms with van der Waals surface area (Å²) >= 11 is 0. The van der Waals surface area contributed by atoms with Crippen LogP contribution in [0, 0.1) is 82.9 Å². The van der Waals surface area contributed by atoms with Gasteiger partial charge in [0.25, 0.3) is 0 Å². The molecule has 14 nitrogen and oxygen atoms in total. The largest absolute Gasteiger partial charge is 0.453 e. The van der Waals surface area contributed by atoms with Crippen LogP contribution in [0.1, 0.15) is 111 Å². The van der Waals surface area contributed by atoms with Crippen LogP contribution in [0.5, 0.6) is 0 Å². The quantitative estimate of drug-likeness (QED) is 0.150. The van der Waals surface area contributed by atoms with E-state index in [1.807, 2.05) is 76.2 Å². The number of methoxy groups -OCH3 is 2. The second-order valence-electron chi connectivity index (χ2n) is 16.1. The summed E-state index contributed by atoms with van der Waals surface area (Å²) in [5.41, 5.74) is 4.33. The number of amides is 4. The van der Waals surface area contributed by atoms with Gasteiger partial charge in [0.05, 0.1) is 38.7 Å². The van der Waals surface area contributed by atoms with Crippen LogP contribution in [-0.2, 0) is 19.1 Å². The SMILES string of the molecule is COC(=O)N[C@H](C(=O)N1CCC[C@H]1c1ncc(C#CC#Cc2ccc(C#CC#Cc3ccc(C#CC#Cc4cnc([C@@H]5CCCN5C(=O)[C@@H](NC(=O)OC)C(C)C)[nH]4)cc3)cc2)[nH]1)C(C)C.Cl.Cl. The Bertz CT molecular complexity index is 2630. The maximum Gasteiger partial charge on any atom is 0.407 e. The Morgan fingerprint density at radius 2 is 0.868 bits per heavy atom. The zero-order chi connectivity index (χ0) is 47.0. The van der Waals surface area contributed by atoms with Crippen LogP contribution in [0.15, 0.2) is 60.9 Å². The maximum atomic E-state index is 13.4. The Labute approximate surface area is 410 Å². The summed E-state index contributed by atoms with van der Waals surface area (Å²) in [6.07, 6.45) is 5.12. The Kier molecular flexibility index (Phi) is 20.1. The minimum Gasteiger partial charge on any atom is -0.453 e. The molecular formula is C52H52Cl2N8O6. The lowest BCUT2D eigenvalue weighted by atomic mass is 10.0. The molecule has 4 N–H and O–H groups in total. The summed E-state index contributed by atoms with van der Waals surface area (Å²) in [6.45, 7) is 8.65. The standard InChI is InChI=1S/C52H50N8O6.2ClH/c1-35(2)45(57-51(63)65-5)49(61)59-31-13-21-43(59)47-53-33-41(55-47)19-11-9-17-39-27-23-37(24-28-39)15-7-8-16-38-25-29-40(30-26-38)18-10-12-20-42-34-54-48(56-42)44-22-14-32-60(44)50(62)46(36(3)4)58-52(64)66-6;;/h23-30,33-36,43-46H,13-14,21-22,31-32H2,1-6H3,(H,53,55)(H,54,56)(H,57,63)(H,58,64);2*1H/t43-,44-,45-,46-;;/m0../s1. The third-order valence-electron chi connectivity index (χ3n) is 10.9. The van der Waals surface area contributed by atoms with E-state index < -0.39 is 24.3 Å². The molecule has 2 aliphatic rings. The maximum absolute atomic E-state index is 13.4. The number of ether oxygens (including phenoxy) is 2. The van der Waals surface area contributed by atoms with Crippen molar-refractivity contribution in [2.24, 2.45) is 11.8 Å². The molecule has 0 bridgehead atoms. The molecule has 0 spiro atoms. The summed E-state index contributed by atoms with van der Waals surface area (Å²) in [4.78, 5) is 69.4. The molecule has 16 heteroatoms. The summed E-state index contributed by atoms with van der Waals surface area (Å²) < 4.78 is 9.44. The number of nitrogens with zero attached hydrogens (tertiary/aromatic N) is 4. The van der Waals surface area contributed by atoms with Gasteiger partial charge in [0.15, 0.2) is 0 Å². The molecule has 2 fully saturated rings. The molecule has 2 saturated heterocycles. The highest BCUT2D eigenvalue weighted by atomic mass is 35.5. The molecule has 4 aromatic rings. The number of aromatic amines is 2. The van der Waals surface area contributed by atoms with Gasteiger partial charge in [0.2, 0.25) is 11.8 Å². The van der Waals surface area contributed by atoms with Crippen LogP contribution in [0.25, 0.3) is 0 Å². The zero-order valence-electron chi connectivity index (χ0n) is 38.5. The monoisotopic (exact) mass is 954 g/mol. The summed E-state index contributed by atoms with van der Waals surface area (Å²) in [5, 5.41) is 5.32. The Balaban J connectivity index is 0.00000504. The average molecular weight is 956 g/mol. The van der Waals surface area contributed by atoms with Crippen molar-refractivity contribution < 1.29 is 28.7 Å². The molecule has 4 amide bonds. The minimum atomic E-state index is -0.705. The van der Waals surface area contributed by atoms with Gasteiger partial charge in [0, 0.05) is 35.3 Å². The third kappa shape index (κ3) is 14.4. The van der Waals surface area contributed by atoms with Crippen LogP contribution in [0.4, 0.5) is 9.59 Å². The molecule has 2 aliphatic heterocycles. The summed E-state index contributed by atoms with van der Waals surface area (Å²) in [6, 6.07) is 13.1. The van der Waals surface area contributed by atoms with Crippen LogP contribution >= 0.6 is 24.8 Å². The number of imidazole rings is 2. The molecule has 68 heavy (non-hydrogen) atoms. The molecule has 4 atom stereocenters. The molecular weight excluding hydrogens is 904 g/mol. The van der Waals surface area contributed by atoms with Crippen molar-refractivity contribution in [2.45, 2.75) is 77.5 Å². The number of carbonyl (C=O) groups excluding carboxylic acids is 4. The lowest BCUT2D eigenvalue weighted by molar-refractivity contribution is -0.136. The fourth-order valence-electron chi connectivity index (χ4n) is 7.41. The van der Waals surface area contributed by atoms with E-state index in [1.165, 1.54) is 14.2 Å². The molecule has 350 valence electrons. The Hall–Kier alpha value is -7.72. The number of hydrogen-bond acceptors (Lipinski definition) is 8. The molecule has 6 rings (SSSR count). The summed E-state index contributed by atoms with van der Waals surface area (Å²) in [5.74, 6) is 36.1. The van der Waals surface area contributed by atoms with E-state index in [1.54, 1.807) is 22.2 Å². The van der Waals surface area contributed by atoms with Crippen molar-refractivity contribution >= 4 is 48.8 Å². The van der Waals surface area contributed by atoms with E-state index in [0.717, 1.165) is 47.9 Å². The third-order valence-corrected chi connectivity index (χ3v) is 10.9. The molecule has 4 heterocycles. The second-order valence-corrected chi connectivity index (χ2v) is 16.1. The van der Waals surface area contributed by atoms with Gasteiger partial charge in [-0.15, -0.1) is 24.8 Å². The molecule has 0 aliphatic carbocycles. The first-order valence-electron chi connectivity index (χ1n) is 21.6. The number of aromatic nitrogens is 4. The Morgan fingerprint density at radius 1 is 0.559 bits per heavy atom. The minimum absolute atomic E-state index is 0. The first-order chi connectivity index (χ1) is 31.9. The predicted molar refractivity (Wildman–Crippen MR) is 262 cm³/mol. The van der Waals surface area contributed by atoms with E-state index in [9.17, 15) is 19.2 Å². The van der Waals surface area contributed by atoms with Gasteiger partial charge >= 0.3 is 12.2 Å². The van der Waals surface area contributed by atoms with Gasteiger partial charge in [-0.25, -0.2) is 19.6 Å². The number of carbonyl (C=O) groups is 4. The van der Waals surface area contributed by atoms with Gasteiger partial charge < -0.3 is 39.9 Å². The van der Waals surface area contributed by atoms with Crippen LogP contribution in [0.3, 0.4) is 0 Å². The fourth-order valence-corrected chi connectivity index (χ4v) is 7.41. The van der Waals surface area contributed by atoms with Crippen LogP contribution < -0.4 is 10.6 Å². The highest BCUT2D eigenvalue weighted by molar-refractivity contribution is 5.87. The van der Waals surface area contributed by atoms with Gasteiger partial charge in [-0.2, -0.15) is 0 Å². The van der Waals surface area contributed by atoms with E-state index in [2.05, 4.69) is 102 Å². The van der Waals surface area contributed by atoms with Gasteiger partial charge in [-0.1, -0.05) is 51.4 Å². The van der Waals surface area contributed by atoms with Crippen LogP contribution in [0.2, 0.25) is 0 Å². The van der Waals surface area contributed by atoms with E-state index >= 15 is 0 Å². The highest BCUT2D eigenvalue weighted by Gasteiger charge is 2.39. The molecule has 0 unspecified atom stereocenters. The van der Waals surface area contributed by atoms with Gasteiger partial charge in [0.1, 0.15) is 35.1 Å². The Morgan fingerprint density at radius 3 is 1.16 bits per heavy atom. The average Bonchev–Trinajstić information content (AvgIpc) is 4.17. The summed E-state index contributed by atoms with van der Waals surface area (Å²) in [7, 11) is 2.55. The number of likely N-dealkylation sites (tertiary alicyclic amines) is 2. The number of H-pyrrole nitrogens is 2. The van der Waals surface area contributed by atoms with Crippen molar-refractivity contribution in [3.63, 3.8) is 0 Å². The zero-order valence-corrected chi connectivity index (χ0v) is 40.2. The topological polar surface area (TPSA) is 175 Å². The second kappa shape index (κ2) is 25.8. The van der Waals surface area contributed by atoms with E-state index in [4.69, 9.17) is 9.47 Å². The van der Waals surface area contributed by atoms with Crippen molar-refractivity contribution in [1.82, 2.24) is 40.4 Å². The number of nitrogens with one attached hydrogen (secondary N) is 4. The van der Waals surface area contributed by atoms with Crippen molar-refractivity contribution in [2.75, 3.05) is 27.3 Å². The van der Waals surface area contributed by atoms with Crippen molar-refractivity contribution in [3.05, 3.63) is 106 Å². The molecule has 0 radical (unpaired) electrons. The molecule has 2 aromatic carbocycles. The lowest BCUT2D eigenvalue weighted by Crippen LogP contribution is -2.51. The van der Waals surface area contributed by atoms with Gasteiger partial charge in [-0.3, -0.25) is 9.59 Å². The molecule has 2 aromatic heterocycles. The number of alkyl carbamates (subject to hydrolysis) is 2.